The van der Waals surface area contributed by atoms with Gasteiger partial charge in [0.2, 0.25) is 11.8 Å². The van der Waals surface area contributed by atoms with Crippen LogP contribution >= 0.6 is 11.6 Å². The minimum atomic E-state index is -0.387. The second-order valence-electron chi connectivity index (χ2n) is 5.59. The van der Waals surface area contributed by atoms with E-state index in [2.05, 4.69) is 15.8 Å². The summed E-state index contributed by atoms with van der Waals surface area (Å²) in [7, 11) is 1.51. The van der Waals surface area contributed by atoms with Crippen molar-refractivity contribution >= 4 is 34.9 Å². The van der Waals surface area contributed by atoms with Crippen LogP contribution < -0.4 is 15.4 Å². The molecule has 7 nitrogen and oxygen atoms in total. The molecule has 8 heteroatoms. The molecule has 3 rings (SSSR count). The molecule has 0 radical (unpaired) electrons. The minimum Gasteiger partial charge on any atom is -0.495 e. The number of methoxy groups -OCH3 is 1. The average Bonchev–Trinajstić information content (AvgIpc) is 3.25. The molecular formula is C16H16ClN3O4. The van der Waals surface area contributed by atoms with Crippen LogP contribution in [0.15, 0.2) is 28.8 Å². The summed E-state index contributed by atoms with van der Waals surface area (Å²) in [5.41, 5.74) is 0.480. The van der Waals surface area contributed by atoms with Crippen LogP contribution in [0.2, 0.25) is 5.02 Å². The molecule has 0 bridgehead atoms. The summed E-state index contributed by atoms with van der Waals surface area (Å²) >= 11 is 5.94. The molecule has 2 atom stereocenters. The van der Waals surface area contributed by atoms with Gasteiger partial charge in [-0.2, -0.15) is 0 Å². The number of ether oxygens (including phenoxy) is 1. The van der Waals surface area contributed by atoms with Crippen LogP contribution in [0.4, 0.5) is 11.5 Å². The predicted octanol–water partition coefficient (Wildman–Crippen LogP) is 2.86. The fourth-order valence-corrected chi connectivity index (χ4v) is 2.59. The van der Waals surface area contributed by atoms with Gasteiger partial charge in [0, 0.05) is 11.1 Å². The Kier molecular flexibility index (Phi) is 4.44. The maximum atomic E-state index is 12.3. The van der Waals surface area contributed by atoms with Crippen molar-refractivity contribution in [1.29, 1.82) is 0 Å². The van der Waals surface area contributed by atoms with Gasteiger partial charge < -0.3 is 19.9 Å². The molecule has 24 heavy (non-hydrogen) atoms. The van der Waals surface area contributed by atoms with Gasteiger partial charge in [0.25, 0.3) is 0 Å². The molecule has 1 aromatic heterocycles. The largest absolute Gasteiger partial charge is 0.495 e. The van der Waals surface area contributed by atoms with Crippen LogP contribution in [0.1, 0.15) is 12.2 Å². The first-order valence-electron chi connectivity index (χ1n) is 7.36. The number of carbonyl (C=O) groups is 2. The number of hydrogen-bond donors (Lipinski definition) is 2. The molecule has 1 saturated carbocycles. The molecule has 1 aliphatic carbocycles. The van der Waals surface area contributed by atoms with Gasteiger partial charge in [-0.3, -0.25) is 9.59 Å². The highest BCUT2D eigenvalue weighted by Gasteiger charge is 2.48. The fourth-order valence-electron chi connectivity index (χ4n) is 2.42. The first-order valence-corrected chi connectivity index (χ1v) is 7.74. The lowest BCUT2D eigenvalue weighted by atomic mass is 10.2. The number of anilines is 2. The van der Waals surface area contributed by atoms with Crippen LogP contribution in [-0.2, 0) is 9.59 Å². The quantitative estimate of drug-likeness (QED) is 0.865. The Bertz CT molecular complexity index is 789. The Morgan fingerprint density at radius 2 is 1.96 bits per heavy atom. The Morgan fingerprint density at radius 1 is 1.25 bits per heavy atom. The van der Waals surface area contributed by atoms with Gasteiger partial charge in [-0.15, -0.1) is 0 Å². The Labute approximate surface area is 143 Å². The average molecular weight is 350 g/mol. The minimum absolute atomic E-state index is 0.243. The lowest BCUT2D eigenvalue weighted by molar-refractivity contribution is -0.122. The predicted molar refractivity (Wildman–Crippen MR) is 88.1 cm³/mol. The maximum absolute atomic E-state index is 12.3. The van der Waals surface area contributed by atoms with E-state index in [4.69, 9.17) is 20.9 Å². The standard InChI is InChI=1S/C16H16ClN3O4/c1-8-5-14(20-24-8)19-16(22)11-7-10(11)15(21)18-12-6-9(17)3-4-13(12)23-2/h3-6,10-11H,7H2,1-2H3,(H,18,21)(H,19,20,22). The number of amides is 2. The van der Waals surface area contributed by atoms with Crippen molar-refractivity contribution in [2.45, 2.75) is 13.3 Å². The highest BCUT2D eigenvalue weighted by Crippen LogP contribution is 2.41. The highest BCUT2D eigenvalue weighted by atomic mass is 35.5. The summed E-state index contributed by atoms with van der Waals surface area (Å²) in [6.07, 6.45) is 0.484. The number of benzene rings is 1. The molecular weight excluding hydrogens is 334 g/mol. The summed E-state index contributed by atoms with van der Waals surface area (Å²) < 4.78 is 10.1. The molecule has 2 unspecified atom stereocenters. The Morgan fingerprint density at radius 3 is 2.58 bits per heavy atom. The van der Waals surface area contributed by atoms with E-state index >= 15 is 0 Å². The van der Waals surface area contributed by atoms with E-state index in [0.717, 1.165) is 0 Å². The van der Waals surface area contributed by atoms with Crippen LogP contribution in [0.3, 0.4) is 0 Å². The summed E-state index contributed by atoms with van der Waals surface area (Å²) in [6.45, 7) is 1.73. The summed E-state index contributed by atoms with van der Waals surface area (Å²) in [5.74, 6) is 0.193. The SMILES string of the molecule is COc1ccc(Cl)cc1NC(=O)C1CC1C(=O)Nc1cc(C)on1. The van der Waals surface area contributed by atoms with E-state index in [1.165, 1.54) is 7.11 Å². The molecule has 0 spiro atoms. The van der Waals surface area contributed by atoms with Gasteiger partial charge in [0.1, 0.15) is 11.5 Å². The number of nitrogens with one attached hydrogen (secondary N) is 2. The molecule has 1 aromatic carbocycles. The van der Waals surface area contributed by atoms with Crippen LogP contribution in [0.25, 0.3) is 0 Å². The second kappa shape index (κ2) is 6.52. The van der Waals surface area contributed by atoms with Gasteiger partial charge >= 0.3 is 0 Å². The summed E-state index contributed by atoms with van der Waals surface area (Å²) in [5, 5.41) is 9.57. The zero-order chi connectivity index (χ0) is 17.3. The summed E-state index contributed by atoms with van der Waals surface area (Å²) in [4.78, 5) is 24.4. The highest BCUT2D eigenvalue weighted by molar-refractivity contribution is 6.31. The molecule has 2 amide bonds. The van der Waals surface area contributed by atoms with Crippen molar-refractivity contribution in [3.05, 3.63) is 35.0 Å². The number of aromatic nitrogens is 1. The Balaban J connectivity index is 1.60. The van der Waals surface area contributed by atoms with E-state index in [9.17, 15) is 9.59 Å². The van der Waals surface area contributed by atoms with Crippen molar-refractivity contribution in [3.63, 3.8) is 0 Å². The van der Waals surface area contributed by atoms with Crippen molar-refractivity contribution in [3.8, 4) is 5.75 Å². The number of rotatable bonds is 5. The maximum Gasteiger partial charge on any atom is 0.229 e. The third-order valence-corrected chi connectivity index (χ3v) is 4.00. The van der Waals surface area contributed by atoms with Gasteiger partial charge in [-0.25, -0.2) is 0 Å². The number of carbonyl (C=O) groups excluding carboxylic acids is 2. The topological polar surface area (TPSA) is 93.5 Å². The first kappa shape index (κ1) is 16.3. The van der Waals surface area contributed by atoms with Gasteiger partial charge in [0.05, 0.1) is 24.6 Å². The third kappa shape index (κ3) is 3.51. The lowest BCUT2D eigenvalue weighted by Crippen LogP contribution is -2.21. The molecule has 0 saturated heterocycles. The zero-order valence-electron chi connectivity index (χ0n) is 13.1. The number of nitrogens with zero attached hydrogens (tertiary/aromatic N) is 1. The second-order valence-corrected chi connectivity index (χ2v) is 6.03. The number of aryl methyl sites for hydroxylation is 1. The van der Waals surface area contributed by atoms with Crippen LogP contribution in [-0.4, -0.2) is 24.1 Å². The van der Waals surface area contributed by atoms with Crippen molar-refractivity contribution in [2.24, 2.45) is 11.8 Å². The van der Waals surface area contributed by atoms with Crippen molar-refractivity contribution in [1.82, 2.24) is 5.16 Å². The lowest BCUT2D eigenvalue weighted by Gasteiger charge is -2.10. The first-order chi connectivity index (χ1) is 11.5. The third-order valence-electron chi connectivity index (χ3n) is 3.76. The van der Waals surface area contributed by atoms with E-state index in [-0.39, 0.29) is 23.7 Å². The van der Waals surface area contributed by atoms with E-state index in [1.807, 2.05) is 0 Å². The van der Waals surface area contributed by atoms with E-state index in [1.54, 1.807) is 31.2 Å². The van der Waals surface area contributed by atoms with Gasteiger partial charge in [0.15, 0.2) is 5.82 Å². The van der Waals surface area contributed by atoms with Crippen LogP contribution in [0.5, 0.6) is 5.75 Å². The van der Waals surface area contributed by atoms with E-state index in [0.29, 0.717) is 34.5 Å². The van der Waals surface area contributed by atoms with Crippen molar-refractivity contribution in [2.75, 3.05) is 17.7 Å². The Hall–Kier alpha value is -2.54. The molecule has 126 valence electrons. The molecule has 2 aromatic rings. The van der Waals surface area contributed by atoms with Crippen LogP contribution in [0, 0.1) is 18.8 Å². The van der Waals surface area contributed by atoms with Gasteiger partial charge in [-0.05, 0) is 31.5 Å². The fraction of sp³-hybridized carbons (Fsp3) is 0.312. The summed E-state index contributed by atoms with van der Waals surface area (Å²) in [6, 6.07) is 6.56. The molecule has 1 heterocycles. The number of halogens is 1. The normalized spacial score (nSPS) is 18.8. The molecule has 2 N–H and O–H groups in total. The zero-order valence-corrected chi connectivity index (χ0v) is 13.9. The number of hydrogen-bond acceptors (Lipinski definition) is 5. The molecule has 0 aliphatic heterocycles. The molecule has 1 fully saturated rings. The van der Waals surface area contributed by atoms with Crippen molar-refractivity contribution < 1.29 is 18.8 Å². The smallest absolute Gasteiger partial charge is 0.229 e. The molecule has 1 aliphatic rings. The van der Waals surface area contributed by atoms with Gasteiger partial charge in [-0.1, -0.05) is 16.8 Å². The monoisotopic (exact) mass is 349 g/mol. The van der Waals surface area contributed by atoms with E-state index < -0.39 is 0 Å².